The largest absolute Gasteiger partial charge is 0.394 e. The van der Waals surface area contributed by atoms with Gasteiger partial charge in [-0.1, -0.05) is 31.4 Å². The zero-order valence-corrected chi connectivity index (χ0v) is 12.4. The highest BCUT2D eigenvalue weighted by atomic mass is 35.5. The third-order valence-corrected chi connectivity index (χ3v) is 4.13. The van der Waals surface area contributed by atoms with E-state index in [2.05, 4.69) is 17.6 Å². The summed E-state index contributed by atoms with van der Waals surface area (Å²) in [4.78, 5) is 12.1. The number of carbonyl (C=O) groups is 1. The second-order valence-electron chi connectivity index (χ2n) is 5.73. The summed E-state index contributed by atoms with van der Waals surface area (Å²) < 4.78 is 0. The van der Waals surface area contributed by atoms with Gasteiger partial charge in [0.05, 0.1) is 12.1 Å². The molecule has 3 N–H and O–H groups in total. The predicted molar refractivity (Wildman–Crippen MR) is 81.1 cm³/mol. The van der Waals surface area contributed by atoms with Crippen molar-refractivity contribution in [3.8, 4) is 0 Å². The maximum atomic E-state index is 12.1. The van der Waals surface area contributed by atoms with Gasteiger partial charge >= 0.3 is 6.03 Å². The number of halogens is 1. The van der Waals surface area contributed by atoms with Crippen LogP contribution in [-0.4, -0.2) is 23.3 Å². The number of rotatable bonds is 3. The predicted octanol–water partition coefficient (Wildman–Crippen LogP) is 3.40. The first-order valence-electron chi connectivity index (χ1n) is 6.99. The molecule has 1 saturated carbocycles. The van der Waals surface area contributed by atoms with Gasteiger partial charge in [-0.3, -0.25) is 0 Å². The van der Waals surface area contributed by atoms with Crippen LogP contribution in [0.2, 0.25) is 5.02 Å². The molecule has 0 aromatic heterocycles. The lowest BCUT2D eigenvalue weighted by Gasteiger charge is -2.39. The summed E-state index contributed by atoms with van der Waals surface area (Å²) in [5.74, 6) is 0.520. The van der Waals surface area contributed by atoms with Gasteiger partial charge in [0.2, 0.25) is 0 Å². The van der Waals surface area contributed by atoms with Crippen molar-refractivity contribution in [1.29, 1.82) is 0 Å². The van der Waals surface area contributed by atoms with Crippen LogP contribution in [0.25, 0.3) is 0 Å². The number of aliphatic hydroxyl groups excluding tert-OH is 1. The van der Waals surface area contributed by atoms with Crippen molar-refractivity contribution < 1.29 is 9.90 Å². The molecule has 1 aliphatic rings. The molecule has 20 heavy (non-hydrogen) atoms. The summed E-state index contributed by atoms with van der Waals surface area (Å²) in [6.45, 7) is 2.13. The Morgan fingerprint density at radius 2 is 2.15 bits per heavy atom. The van der Waals surface area contributed by atoms with Crippen molar-refractivity contribution in [3.05, 3.63) is 29.3 Å². The van der Waals surface area contributed by atoms with E-state index >= 15 is 0 Å². The number of carbonyl (C=O) groups excluding carboxylic acids is 1. The minimum Gasteiger partial charge on any atom is -0.394 e. The van der Waals surface area contributed by atoms with Gasteiger partial charge in [-0.05, 0) is 43.0 Å². The average molecular weight is 297 g/mol. The number of hydrogen-bond donors (Lipinski definition) is 3. The molecule has 1 aromatic carbocycles. The van der Waals surface area contributed by atoms with Gasteiger partial charge in [0, 0.05) is 10.7 Å². The monoisotopic (exact) mass is 296 g/mol. The van der Waals surface area contributed by atoms with Crippen LogP contribution in [-0.2, 0) is 0 Å². The molecule has 0 spiro atoms. The number of anilines is 1. The van der Waals surface area contributed by atoms with Gasteiger partial charge in [0.25, 0.3) is 0 Å². The molecule has 2 unspecified atom stereocenters. The number of aliphatic hydroxyl groups is 1. The van der Waals surface area contributed by atoms with Gasteiger partial charge < -0.3 is 15.7 Å². The van der Waals surface area contributed by atoms with Crippen LogP contribution in [0.4, 0.5) is 10.5 Å². The summed E-state index contributed by atoms with van der Waals surface area (Å²) in [6.07, 6.45) is 3.82. The van der Waals surface area contributed by atoms with Gasteiger partial charge in [-0.25, -0.2) is 4.79 Å². The van der Waals surface area contributed by atoms with Crippen LogP contribution in [0.15, 0.2) is 24.3 Å². The highest BCUT2D eigenvalue weighted by Crippen LogP contribution is 2.32. The average Bonchev–Trinajstić information content (AvgIpc) is 2.41. The Kier molecular flexibility index (Phi) is 4.89. The molecule has 5 heteroatoms. The lowest BCUT2D eigenvalue weighted by atomic mass is 9.77. The molecule has 0 bridgehead atoms. The maximum absolute atomic E-state index is 12.1. The summed E-state index contributed by atoms with van der Waals surface area (Å²) in [7, 11) is 0. The van der Waals surface area contributed by atoms with Crippen molar-refractivity contribution in [3.63, 3.8) is 0 Å². The molecule has 0 saturated heterocycles. The third kappa shape index (κ3) is 3.87. The van der Waals surface area contributed by atoms with E-state index in [-0.39, 0.29) is 12.6 Å². The topological polar surface area (TPSA) is 61.4 Å². The van der Waals surface area contributed by atoms with Crippen LogP contribution >= 0.6 is 11.6 Å². The molecule has 2 amide bonds. The van der Waals surface area contributed by atoms with Crippen molar-refractivity contribution in [2.75, 3.05) is 11.9 Å². The quantitative estimate of drug-likeness (QED) is 0.800. The van der Waals surface area contributed by atoms with Crippen LogP contribution < -0.4 is 10.6 Å². The number of amides is 2. The molecule has 110 valence electrons. The molecule has 2 atom stereocenters. The van der Waals surface area contributed by atoms with Crippen molar-refractivity contribution in [2.45, 2.75) is 38.1 Å². The standard InChI is InChI=1S/C15H21ClN2O2/c1-11-3-2-8-15(9-11,10-19)18-14(20)17-13-6-4-12(16)5-7-13/h4-7,11,19H,2-3,8-10H2,1H3,(H2,17,18,20). The van der Waals surface area contributed by atoms with E-state index in [0.717, 1.165) is 25.7 Å². The van der Waals surface area contributed by atoms with E-state index in [1.165, 1.54) is 0 Å². The van der Waals surface area contributed by atoms with E-state index in [4.69, 9.17) is 11.6 Å². The normalized spacial score (nSPS) is 26.1. The summed E-state index contributed by atoms with van der Waals surface area (Å²) in [6, 6.07) is 6.66. The minimum absolute atomic E-state index is 0.0224. The Morgan fingerprint density at radius 1 is 1.45 bits per heavy atom. The zero-order valence-electron chi connectivity index (χ0n) is 11.7. The van der Waals surface area contributed by atoms with Crippen LogP contribution in [0.1, 0.15) is 32.6 Å². The summed E-state index contributed by atoms with van der Waals surface area (Å²) >= 11 is 5.80. The molecule has 0 heterocycles. The van der Waals surface area contributed by atoms with E-state index in [1.54, 1.807) is 24.3 Å². The second-order valence-corrected chi connectivity index (χ2v) is 6.16. The van der Waals surface area contributed by atoms with E-state index in [1.807, 2.05) is 0 Å². The Bertz CT molecular complexity index is 463. The van der Waals surface area contributed by atoms with Crippen LogP contribution in [0.5, 0.6) is 0 Å². The highest BCUT2D eigenvalue weighted by molar-refractivity contribution is 6.30. The molecule has 2 rings (SSSR count). The Morgan fingerprint density at radius 3 is 2.75 bits per heavy atom. The zero-order chi connectivity index (χ0) is 14.6. The van der Waals surface area contributed by atoms with Crippen LogP contribution in [0.3, 0.4) is 0 Å². The molecular formula is C15H21ClN2O2. The van der Waals surface area contributed by atoms with Crippen molar-refractivity contribution in [2.24, 2.45) is 5.92 Å². The number of urea groups is 1. The van der Waals surface area contributed by atoms with E-state index < -0.39 is 5.54 Å². The molecule has 1 aromatic rings. The van der Waals surface area contributed by atoms with Gasteiger partial charge in [-0.2, -0.15) is 0 Å². The lowest BCUT2D eigenvalue weighted by molar-refractivity contribution is 0.108. The van der Waals surface area contributed by atoms with E-state index in [9.17, 15) is 9.90 Å². The third-order valence-electron chi connectivity index (χ3n) is 3.87. The van der Waals surface area contributed by atoms with Gasteiger partial charge in [0.1, 0.15) is 0 Å². The molecule has 0 aliphatic heterocycles. The first kappa shape index (κ1) is 15.1. The number of benzene rings is 1. The van der Waals surface area contributed by atoms with Crippen molar-refractivity contribution >= 4 is 23.3 Å². The number of hydrogen-bond acceptors (Lipinski definition) is 2. The fourth-order valence-electron chi connectivity index (χ4n) is 2.89. The summed E-state index contributed by atoms with van der Waals surface area (Å²) in [5, 5.41) is 16.0. The minimum atomic E-state index is -0.492. The van der Waals surface area contributed by atoms with Crippen molar-refractivity contribution in [1.82, 2.24) is 5.32 Å². The SMILES string of the molecule is CC1CCCC(CO)(NC(=O)Nc2ccc(Cl)cc2)C1. The molecule has 4 nitrogen and oxygen atoms in total. The maximum Gasteiger partial charge on any atom is 0.319 e. The van der Waals surface area contributed by atoms with Crippen LogP contribution in [0, 0.1) is 5.92 Å². The molecule has 1 aliphatic carbocycles. The Labute approximate surface area is 124 Å². The van der Waals surface area contributed by atoms with E-state index in [0.29, 0.717) is 16.6 Å². The molecular weight excluding hydrogens is 276 g/mol. The fourth-order valence-corrected chi connectivity index (χ4v) is 3.02. The number of nitrogens with one attached hydrogen (secondary N) is 2. The van der Waals surface area contributed by atoms with Gasteiger partial charge in [0.15, 0.2) is 0 Å². The fraction of sp³-hybridized carbons (Fsp3) is 0.533. The Hall–Kier alpha value is -1.26. The molecule has 1 fully saturated rings. The second kappa shape index (κ2) is 6.46. The summed E-state index contributed by atoms with van der Waals surface area (Å²) in [5.41, 5.74) is 0.192. The first-order chi connectivity index (χ1) is 9.53. The Balaban J connectivity index is 1.97. The first-order valence-corrected chi connectivity index (χ1v) is 7.36. The molecule has 0 radical (unpaired) electrons. The van der Waals surface area contributed by atoms with Gasteiger partial charge in [-0.15, -0.1) is 0 Å². The lowest BCUT2D eigenvalue weighted by Crippen LogP contribution is -2.55. The smallest absolute Gasteiger partial charge is 0.319 e. The highest BCUT2D eigenvalue weighted by Gasteiger charge is 2.35.